The van der Waals surface area contributed by atoms with Crippen LogP contribution in [0, 0.1) is 0 Å². The van der Waals surface area contributed by atoms with Gasteiger partial charge in [0.05, 0.1) is 11.3 Å². The highest BCUT2D eigenvalue weighted by atomic mass is 35.5. The molecule has 3 aromatic rings. The highest BCUT2D eigenvalue weighted by molar-refractivity contribution is 7.89. The number of hydrogen-bond donors (Lipinski definition) is 1. The Hall–Kier alpha value is -2.07. The standard InChI is InChI=1S/C16H10Cl2F3N3O2S/c17-11-3-1-4-12(18)14(11)9-7-10(16(19,20)21)15(24-6-2-5-23-24)13(8-9)27(22,25)26/h1-8H,(H2,22,25,26). The van der Waals surface area contributed by atoms with Crippen molar-refractivity contribution in [2.24, 2.45) is 5.14 Å². The van der Waals surface area contributed by atoms with Gasteiger partial charge >= 0.3 is 6.18 Å². The molecule has 27 heavy (non-hydrogen) atoms. The van der Waals surface area contributed by atoms with Gasteiger partial charge in [-0.25, -0.2) is 18.2 Å². The number of nitrogens with two attached hydrogens (primary N) is 1. The number of aromatic nitrogens is 2. The molecule has 5 nitrogen and oxygen atoms in total. The lowest BCUT2D eigenvalue weighted by molar-refractivity contribution is -0.137. The average Bonchev–Trinajstić information content (AvgIpc) is 3.06. The minimum atomic E-state index is -4.90. The van der Waals surface area contributed by atoms with Gasteiger partial charge in [0, 0.05) is 28.0 Å². The molecule has 0 spiro atoms. The first-order valence-electron chi connectivity index (χ1n) is 7.22. The third-order valence-corrected chi connectivity index (χ3v) is 5.23. The van der Waals surface area contributed by atoms with Crippen LogP contribution in [0.15, 0.2) is 53.7 Å². The highest BCUT2D eigenvalue weighted by Gasteiger charge is 2.38. The summed E-state index contributed by atoms with van der Waals surface area (Å²) < 4.78 is 66.2. The summed E-state index contributed by atoms with van der Waals surface area (Å²) in [5.74, 6) is 0. The van der Waals surface area contributed by atoms with Crippen molar-refractivity contribution in [1.82, 2.24) is 9.78 Å². The highest BCUT2D eigenvalue weighted by Crippen LogP contribution is 2.42. The summed E-state index contributed by atoms with van der Waals surface area (Å²) in [5.41, 5.74) is -2.04. The van der Waals surface area contributed by atoms with Gasteiger partial charge < -0.3 is 0 Å². The van der Waals surface area contributed by atoms with Crippen LogP contribution in [-0.2, 0) is 16.2 Å². The van der Waals surface area contributed by atoms with Crippen LogP contribution in [0.5, 0.6) is 0 Å². The number of primary sulfonamides is 1. The van der Waals surface area contributed by atoms with Gasteiger partial charge in [0.2, 0.25) is 10.0 Å². The summed E-state index contributed by atoms with van der Waals surface area (Å²) in [5, 5.41) is 9.03. The van der Waals surface area contributed by atoms with E-state index in [1.54, 1.807) is 0 Å². The molecule has 1 aromatic heterocycles. The minimum Gasteiger partial charge on any atom is -0.239 e. The van der Waals surface area contributed by atoms with Gasteiger partial charge in [0.25, 0.3) is 0 Å². The summed E-state index contributed by atoms with van der Waals surface area (Å²) in [4.78, 5) is -0.757. The molecule has 0 fully saturated rings. The topological polar surface area (TPSA) is 78.0 Å². The van der Waals surface area contributed by atoms with E-state index < -0.39 is 32.3 Å². The van der Waals surface area contributed by atoms with Crippen molar-refractivity contribution in [3.8, 4) is 16.8 Å². The lowest BCUT2D eigenvalue weighted by atomic mass is 10.0. The van der Waals surface area contributed by atoms with Gasteiger partial charge in [-0.3, -0.25) is 0 Å². The van der Waals surface area contributed by atoms with Crippen molar-refractivity contribution in [3.63, 3.8) is 0 Å². The zero-order valence-corrected chi connectivity index (χ0v) is 15.5. The third kappa shape index (κ3) is 3.81. The maximum absolute atomic E-state index is 13.8. The summed E-state index contributed by atoms with van der Waals surface area (Å²) in [6.45, 7) is 0. The van der Waals surface area contributed by atoms with Gasteiger partial charge in [0.1, 0.15) is 4.90 Å². The molecule has 11 heteroatoms. The number of alkyl halides is 3. The quantitative estimate of drug-likeness (QED) is 0.656. The average molecular weight is 436 g/mol. The molecule has 0 bridgehead atoms. The Morgan fingerprint density at radius 2 is 1.70 bits per heavy atom. The maximum Gasteiger partial charge on any atom is 0.418 e. The fraction of sp³-hybridized carbons (Fsp3) is 0.0625. The molecule has 2 aromatic carbocycles. The van der Waals surface area contributed by atoms with Crippen LogP contribution in [-0.4, -0.2) is 18.2 Å². The second-order valence-corrected chi connectivity index (χ2v) is 7.80. The summed E-state index contributed by atoms with van der Waals surface area (Å²) in [6.07, 6.45) is -2.50. The number of rotatable bonds is 3. The Bertz CT molecular complexity index is 1090. The molecular weight excluding hydrogens is 426 g/mol. The van der Waals surface area contributed by atoms with Crippen LogP contribution in [0.25, 0.3) is 16.8 Å². The first kappa shape index (κ1) is 19.7. The van der Waals surface area contributed by atoms with E-state index in [1.165, 1.54) is 36.7 Å². The predicted octanol–water partition coefficient (Wildman–Crippen LogP) is 4.51. The first-order valence-corrected chi connectivity index (χ1v) is 9.53. The van der Waals surface area contributed by atoms with E-state index in [-0.39, 0.29) is 21.2 Å². The lowest BCUT2D eigenvalue weighted by Crippen LogP contribution is -2.20. The molecular formula is C16H10Cl2F3N3O2S. The normalized spacial score (nSPS) is 12.4. The van der Waals surface area contributed by atoms with E-state index in [1.807, 2.05) is 0 Å². The maximum atomic E-state index is 13.8. The molecule has 0 aliphatic rings. The van der Waals surface area contributed by atoms with Crippen molar-refractivity contribution >= 4 is 33.2 Å². The van der Waals surface area contributed by atoms with Gasteiger partial charge in [0.15, 0.2) is 0 Å². The smallest absolute Gasteiger partial charge is 0.239 e. The number of halogens is 5. The Morgan fingerprint density at radius 1 is 1.07 bits per heavy atom. The molecule has 3 rings (SSSR count). The summed E-state index contributed by atoms with van der Waals surface area (Å²) in [6, 6.07) is 7.47. The molecule has 142 valence electrons. The van der Waals surface area contributed by atoms with E-state index >= 15 is 0 Å². The molecule has 0 aliphatic heterocycles. The Kier molecular flexibility index (Phi) is 4.98. The van der Waals surface area contributed by atoms with E-state index in [0.717, 1.165) is 16.8 Å². The van der Waals surface area contributed by atoms with E-state index in [2.05, 4.69) is 5.10 Å². The van der Waals surface area contributed by atoms with Crippen molar-refractivity contribution in [2.75, 3.05) is 0 Å². The zero-order chi connectivity index (χ0) is 20.0. The van der Waals surface area contributed by atoms with E-state index in [4.69, 9.17) is 28.3 Å². The molecule has 0 unspecified atom stereocenters. The molecule has 0 atom stereocenters. The Balaban J connectivity index is 2.48. The SMILES string of the molecule is NS(=O)(=O)c1cc(-c2c(Cl)cccc2Cl)cc(C(F)(F)F)c1-n1cccn1. The van der Waals surface area contributed by atoms with Gasteiger partial charge in [-0.1, -0.05) is 29.3 Å². The molecule has 1 heterocycles. The Labute approximate surface area is 162 Å². The van der Waals surface area contributed by atoms with Gasteiger partial charge in [-0.15, -0.1) is 0 Å². The minimum absolute atomic E-state index is 0.0582. The van der Waals surface area contributed by atoms with Crippen molar-refractivity contribution in [3.05, 3.63) is 64.4 Å². The fourth-order valence-electron chi connectivity index (χ4n) is 2.60. The number of hydrogen-bond acceptors (Lipinski definition) is 3. The van der Waals surface area contributed by atoms with Crippen LogP contribution < -0.4 is 5.14 Å². The predicted molar refractivity (Wildman–Crippen MR) is 95.4 cm³/mol. The number of benzene rings is 2. The third-order valence-electron chi connectivity index (χ3n) is 3.67. The van der Waals surface area contributed by atoms with Gasteiger partial charge in [-0.2, -0.15) is 18.3 Å². The first-order chi connectivity index (χ1) is 12.5. The molecule has 0 saturated heterocycles. The summed E-state index contributed by atoms with van der Waals surface area (Å²) in [7, 11) is -4.55. The second-order valence-electron chi connectivity index (χ2n) is 5.46. The Morgan fingerprint density at radius 3 is 2.19 bits per heavy atom. The van der Waals surface area contributed by atoms with Crippen LogP contribution in [0.4, 0.5) is 13.2 Å². The zero-order valence-electron chi connectivity index (χ0n) is 13.2. The fourth-order valence-corrected chi connectivity index (χ4v) is 3.98. The number of nitrogens with zero attached hydrogens (tertiary/aromatic N) is 2. The molecule has 0 aliphatic carbocycles. The van der Waals surface area contributed by atoms with Crippen LogP contribution in [0.1, 0.15) is 5.56 Å². The second kappa shape index (κ2) is 6.83. The number of sulfonamides is 1. The van der Waals surface area contributed by atoms with E-state index in [9.17, 15) is 21.6 Å². The van der Waals surface area contributed by atoms with Crippen molar-refractivity contribution < 1.29 is 21.6 Å². The van der Waals surface area contributed by atoms with Crippen molar-refractivity contribution in [2.45, 2.75) is 11.1 Å². The van der Waals surface area contributed by atoms with Crippen LogP contribution >= 0.6 is 23.2 Å². The molecule has 0 saturated carbocycles. The van der Waals surface area contributed by atoms with Gasteiger partial charge in [-0.05, 0) is 35.9 Å². The molecule has 0 amide bonds. The van der Waals surface area contributed by atoms with E-state index in [0.29, 0.717) is 0 Å². The summed E-state index contributed by atoms with van der Waals surface area (Å²) >= 11 is 12.1. The van der Waals surface area contributed by atoms with Crippen LogP contribution in [0.3, 0.4) is 0 Å². The molecule has 0 radical (unpaired) electrons. The lowest BCUT2D eigenvalue weighted by Gasteiger charge is -2.19. The van der Waals surface area contributed by atoms with Crippen LogP contribution in [0.2, 0.25) is 10.0 Å². The van der Waals surface area contributed by atoms with Crippen molar-refractivity contribution in [1.29, 1.82) is 0 Å². The largest absolute Gasteiger partial charge is 0.418 e. The monoisotopic (exact) mass is 435 g/mol. The molecule has 2 N–H and O–H groups in total.